The maximum atomic E-state index is 13.8. The number of amides is 3. The molecule has 1 aliphatic heterocycles. The van der Waals surface area contributed by atoms with Gasteiger partial charge in [0.2, 0.25) is 0 Å². The zero-order valence-electron chi connectivity index (χ0n) is 21.1. The molecule has 0 unspecified atom stereocenters. The van der Waals surface area contributed by atoms with Gasteiger partial charge in [-0.05, 0) is 49.2 Å². The molecule has 2 aromatic carbocycles. The predicted octanol–water partition coefficient (Wildman–Crippen LogP) is 4.92. The Morgan fingerprint density at radius 3 is 2.42 bits per heavy atom. The first-order valence-corrected chi connectivity index (χ1v) is 11.9. The topological polar surface area (TPSA) is 103 Å². The molecule has 0 fully saturated rings. The average Bonchev–Trinajstić information content (AvgIpc) is 2.89. The number of urea groups is 1. The maximum Gasteiger partial charge on any atom is 0.416 e. The molecule has 1 heterocycles. The van der Waals surface area contributed by atoms with Gasteiger partial charge in [0.1, 0.15) is 6.54 Å². The molecule has 0 spiro atoms. The lowest BCUT2D eigenvalue weighted by Crippen LogP contribution is -2.53. The normalized spacial score (nSPS) is 15.8. The minimum atomic E-state index is -4.66. The number of esters is 1. The van der Waals surface area contributed by atoms with Gasteiger partial charge in [-0.3, -0.25) is 14.5 Å². The molecule has 3 amide bonds. The van der Waals surface area contributed by atoms with Gasteiger partial charge in [0.05, 0.1) is 41.6 Å². The van der Waals surface area contributed by atoms with Crippen molar-refractivity contribution in [3.05, 3.63) is 76.5 Å². The molecular formula is C27H27F3N4O4. The van der Waals surface area contributed by atoms with Crippen LogP contribution in [-0.4, -0.2) is 43.0 Å². The molecule has 0 aromatic heterocycles. The van der Waals surface area contributed by atoms with Crippen molar-refractivity contribution < 1.29 is 32.3 Å². The Morgan fingerprint density at radius 2 is 1.84 bits per heavy atom. The van der Waals surface area contributed by atoms with E-state index in [0.29, 0.717) is 24.1 Å². The quantitative estimate of drug-likeness (QED) is 0.387. The number of allylic oxidation sites excluding steroid dienone is 1. The average molecular weight is 529 g/mol. The van der Waals surface area contributed by atoms with Crippen molar-refractivity contribution in [3.63, 3.8) is 0 Å². The SMILES string of the molecule is CCCCNC(=O)C1=C(C)N(c2cccc(C(F)(F)F)c2)C(=O)N(CC(=O)OC)[C@@H]1c1ccc(C#N)cc1. The van der Waals surface area contributed by atoms with Gasteiger partial charge >= 0.3 is 18.2 Å². The van der Waals surface area contributed by atoms with Crippen molar-refractivity contribution in [2.24, 2.45) is 0 Å². The first-order valence-electron chi connectivity index (χ1n) is 11.9. The lowest BCUT2D eigenvalue weighted by atomic mass is 9.91. The number of alkyl halides is 3. The summed E-state index contributed by atoms with van der Waals surface area (Å²) in [7, 11) is 1.14. The highest BCUT2D eigenvalue weighted by Gasteiger charge is 2.43. The summed E-state index contributed by atoms with van der Waals surface area (Å²) < 4.78 is 45.2. The second kappa shape index (κ2) is 11.8. The van der Waals surface area contributed by atoms with Crippen molar-refractivity contribution >= 4 is 23.6 Å². The molecule has 0 aliphatic carbocycles. The Bertz CT molecular complexity index is 1280. The molecule has 38 heavy (non-hydrogen) atoms. The zero-order valence-corrected chi connectivity index (χ0v) is 21.1. The van der Waals surface area contributed by atoms with Crippen LogP contribution >= 0.6 is 0 Å². The Kier molecular flexibility index (Phi) is 8.78. The number of hydrogen-bond donors (Lipinski definition) is 1. The van der Waals surface area contributed by atoms with Gasteiger partial charge in [-0.1, -0.05) is 31.5 Å². The summed E-state index contributed by atoms with van der Waals surface area (Å²) in [5, 5.41) is 12.0. The molecule has 0 radical (unpaired) electrons. The van der Waals surface area contributed by atoms with Crippen LogP contribution in [0.15, 0.2) is 59.8 Å². The molecule has 8 nitrogen and oxygen atoms in total. The highest BCUT2D eigenvalue weighted by molar-refractivity contribution is 6.05. The smallest absolute Gasteiger partial charge is 0.416 e. The maximum absolute atomic E-state index is 13.8. The monoisotopic (exact) mass is 528 g/mol. The van der Waals surface area contributed by atoms with Crippen LogP contribution in [0, 0.1) is 11.3 Å². The number of carbonyl (C=O) groups is 3. The second-order valence-electron chi connectivity index (χ2n) is 8.61. The molecule has 2 aromatic rings. The number of nitrogens with one attached hydrogen (secondary N) is 1. The fraction of sp³-hybridized carbons (Fsp3) is 0.333. The number of benzene rings is 2. The van der Waals surface area contributed by atoms with Crippen LogP contribution in [0.5, 0.6) is 0 Å². The molecule has 1 aliphatic rings. The number of rotatable bonds is 8. The number of carbonyl (C=O) groups excluding carboxylic acids is 3. The van der Waals surface area contributed by atoms with Crippen LogP contribution in [0.1, 0.15) is 49.4 Å². The van der Waals surface area contributed by atoms with Crippen LogP contribution < -0.4 is 10.2 Å². The first kappa shape index (κ1) is 28.2. The lowest BCUT2D eigenvalue weighted by molar-refractivity contribution is -0.141. The van der Waals surface area contributed by atoms with E-state index in [4.69, 9.17) is 4.74 Å². The third-order valence-electron chi connectivity index (χ3n) is 6.12. The largest absolute Gasteiger partial charge is 0.468 e. The van der Waals surface area contributed by atoms with Gasteiger partial charge in [-0.15, -0.1) is 0 Å². The zero-order chi connectivity index (χ0) is 28.0. The number of halogens is 3. The summed E-state index contributed by atoms with van der Waals surface area (Å²) in [6.45, 7) is 3.18. The molecule has 1 atom stereocenters. The van der Waals surface area contributed by atoms with Crippen molar-refractivity contribution in [2.45, 2.75) is 38.9 Å². The van der Waals surface area contributed by atoms with Crippen LogP contribution in [0.3, 0.4) is 0 Å². The van der Waals surface area contributed by atoms with E-state index in [2.05, 4.69) is 5.32 Å². The molecular weight excluding hydrogens is 501 g/mol. The van der Waals surface area contributed by atoms with Crippen molar-refractivity contribution in [3.8, 4) is 6.07 Å². The highest BCUT2D eigenvalue weighted by atomic mass is 19.4. The van der Waals surface area contributed by atoms with Gasteiger partial charge in [0.15, 0.2) is 0 Å². The lowest BCUT2D eigenvalue weighted by Gasteiger charge is -2.42. The van der Waals surface area contributed by atoms with E-state index >= 15 is 0 Å². The fourth-order valence-electron chi connectivity index (χ4n) is 4.19. The van der Waals surface area contributed by atoms with Crippen LogP contribution in [0.25, 0.3) is 0 Å². The summed E-state index contributed by atoms with van der Waals surface area (Å²) in [6.07, 6.45) is -3.17. The number of nitrogens with zero attached hydrogens (tertiary/aromatic N) is 3. The standard InChI is InChI=1S/C27H27F3N4O4/c1-4-5-13-32-25(36)23-17(2)34(21-8-6-7-20(14-21)27(28,29)30)26(37)33(16-22(35)38-3)24(23)19-11-9-18(15-31)10-12-19/h6-12,14,24H,4-5,13,16H2,1-3H3,(H,32,36)/t24-/m1/s1. The van der Waals surface area contributed by atoms with Gasteiger partial charge < -0.3 is 15.0 Å². The van der Waals surface area contributed by atoms with Crippen LogP contribution in [0.2, 0.25) is 0 Å². The van der Waals surface area contributed by atoms with Crippen molar-refractivity contribution in [1.82, 2.24) is 10.2 Å². The van der Waals surface area contributed by atoms with E-state index in [1.807, 2.05) is 13.0 Å². The van der Waals surface area contributed by atoms with E-state index in [1.165, 1.54) is 25.1 Å². The number of nitriles is 1. The second-order valence-corrected chi connectivity index (χ2v) is 8.61. The third-order valence-corrected chi connectivity index (χ3v) is 6.12. The Balaban J connectivity index is 2.26. The van der Waals surface area contributed by atoms with Gasteiger partial charge in [-0.2, -0.15) is 18.4 Å². The molecule has 0 bridgehead atoms. The van der Waals surface area contributed by atoms with Gasteiger partial charge in [0, 0.05) is 12.2 Å². The number of methoxy groups -OCH3 is 1. The highest BCUT2D eigenvalue weighted by Crippen LogP contribution is 2.40. The number of ether oxygens (including phenoxy) is 1. The van der Waals surface area contributed by atoms with E-state index < -0.39 is 42.2 Å². The van der Waals surface area contributed by atoms with E-state index in [0.717, 1.165) is 41.5 Å². The van der Waals surface area contributed by atoms with Crippen molar-refractivity contribution in [2.75, 3.05) is 25.1 Å². The summed E-state index contributed by atoms with van der Waals surface area (Å²) in [6, 6.07) is 10.4. The third kappa shape index (κ3) is 5.96. The van der Waals surface area contributed by atoms with Crippen LogP contribution in [-0.2, 0) is 20.5 Å². The van der Waals surface area contributed by atoms with Gasteiger partial charge in [0.25, 0.3) is 5.91 Å². The molecule has 0 saturated heterocycles. The van der Waals surface area contributed by atoms with E-state index in [1.54, 1.807) is 12.1 Å². The minimum absolute atomic E-state index is 0.0757. The molecule has 11 heteroatoms. The number of hydrogen-bond acceptors (Lipinski definition) is 5. The van der Waals surface area contributed by atoms with Crippen molar-refractivity contribution in [1.29, 1.82) is 5.26 Å². The molecule has 1 N–H and O–H groups in total. The Hall–Kier alpha value is -4.33. The summed E-state index contributed by atoms with van der Waals surface area (Å²) >= 11 is 0. The fourth-order valence-corrected chi connectivity index (χ4v) is 4.19. The molecule has 3 rings (SSSR count). The molecule has 0 saturated carbocycles. The predicted molar refractivity (Wildman–Crippen MR) is 133 cm³/mol. The number of unbranched alkanes of at least 4 members (excludes halogenated alkanes) is 1. The van der Waals surface area contributed by atoms with Gasteiger partial charge in [-0.25, -0.2) is 4.79 Å². The summed E-state index contributed by atoms with van der Waals surface area (Å²) in [5.41, 5.74) is -0.126. The summed E-state index contributed by atoms with van der Waals surface area (Å²) in [5.74, 6) is -1.32. The summed E-state index contributed by atoms with van der Waals surface area (Å²) in [4.78, 5) is 41.8. The molecule has 200 valence electrons. The number of anilines is 1. The first-order chi connectivity index (χ1) is 18.0. The Morgan fingerprint density at radius 1 is 1.16 bits per heavy atom. The minimum Gasteiger partial charge on any atom is -0.468 e. The van der Waals surface area contributed by atoms with E-state index in [-0.39, 0.29) is 17.0 Å². The Labute approximate surface area is 218 Å². The van der Waals surface area contributed by atoms with Crippen LogP contribution in [0.4, 0.5) is 23.7 Å². The van der Waals surface area contributed by atoms with E-state index in [9.17, 15) is 32.8 Å².